The number of nitrogens with zero attached hydrogens (tertiary/aromatic N) is 2. The first kappa shape index (κ1) is 15.4. The number of carbonyl (C=O) groups is 2. The van der Waals surface area contributed by atoms with Crippen LogP contribution in [-0.4, -0.2) is 29.7 Å². The largest absolute Gasteiger partial charge is 0.382 e. The van der Waals surface area contributed by atoms with E-state index in [9.17, 15) is 9.59 Å². The molecule has 0 aromatic heterocycles. The van der Waals surface area contributed by atoms with E-state index < -0.39 is 18.1 Å². The minimum Gasteiger partial charge on any atom is -0.382 e. The highest BCUT2D eigenvalue weighted by atomic mass is 16.6. The van der Waals surface area contributed by atoms with E-state index in [-0.39, 0.29) is 5.91 Å². The van der Waals surface area contributed by atoms with E-state index in [2.05, 4.69) is 5.16 Å². The smallest absolute Gasteiger partial charge is 0.272 e. The van der Waals surface area contributed by atoms with Crippen LogP contribution in [0.25, 0.3) is 0 Å². The molecule has 0 saturated heterocycles. The van der Waals surface area contributed by atoms with Crippen LogP contribution in [0.5, 0.6) is 0 Å². The Labute approximate surface area is 144 Å². The van der Waals surface area contributed by atoms with Gasteiger partial charge in [-0.1, -0.05) is 53.7 Å². The van der Waals surface area contributed by atoms with Crippen molar-refractivity contribution in [3.8, 4) is 0 Å². The number of para-hydroxylation sites is 1. The maximum atomic E-state index is 13.0. The average molecular weight is 335 g/mol. The number of rotatable bonds is 3. The zero-order valence-electron chi connectivity index (χ0n) is 13.5. The summed E-state index contributed by atoms with van der Waals surface area (Å²) in [6.45, 7) is 0. The molecule has 0 aliphatic carbocycles. The second-order valence-electron chi connectivity index (χ2n) is 6.16. The second kappa shape index (κ2) is 6.05. The molecule has 2 aliphatic rings. The molecule has 4 rings (SSSR count). The fraction of sp³-hybridized carbons (Fsp3) is 0.211. The zero-order chi connectivity index (χ0) is 17.4. The number of carbonyl (C=O) groups excluding carboxylic acids is 2. The maximum Gasteiger partial charge on any atom is 0.272 e. The van der Waals surface area contributed by atoms with Crippen molar-refractivity contribution in [2.75, 3.05) is 4.90 Å². The summed E-state index contributed by atoms with van der Waals surface area (Å²) >= 11 is 0. The van der Waals surface area contributed by atoms with E-state index in [1.54, 1.807) is 0 Å². The molecule has 6 heteroatoms. The lowest BCUT2D eigenvalue weighted by molar-refractivity contribution is -0.131. The maximum absolute atomic E-state index is 13.0. The first-order chi connectivity index (χ1) is 12.1. The first-order valence-corrected chi connectivity index (χ1v) is 8.13. The van der Waals surface area contributed by atoms with Crippen LogP contribution in [0, 0.1) is 0 Å². The SMILES string of the molecule is NC(=O)[C@@H]1Cc2ccccc2N1C(=O)C1CC(c2ccccc2)=NO1. The van der Waals surface area contributed by atoms with Crippen LogP contribution in [0.3, 0.4) is 0 Å². The van der Waals surface area contributed by atoms with Crippen molar-refractivity contribution in [3.05, 3.63) is 65.7 Å². The van der Waals surface area contributed by atoms with E-state index in [0.717, 1.165) is 16.8 Å². The Morgan fingerprint density at radius 2 is 1.76 bits per heavy atom. The lowest BCUT2D eigenvalue weighted by Crippen LogP contribution is -2.49. The van der Waals surface area contributed by atoms with E-state index in [4.69, 9.17) is 10.6 Å². The van der Waals surface area contributed by atoms with Crippen LogP contribution in [0.2, 0.25) is 0 Å². The fourth-order valence-corrected chi connectivity index (χ4v) is 3.35. The Balaban J connectivity index is 1.58. The molecular weight excluding hydrogens is 318 g/mol. The van der Waals surface area contributed by atoms with Gasteiger partial charge in [-0.05, 0) is 17.2 Å². The number of primary amides is 1. The third-order valence-corrected chi connectivity index (χ3v) is 4.59. The van der Waals surface area contributed by atoms with Gasteiger partial charge >= 0.3 is 0 Å². The topological polar surface area (TPSA) is 85.0 Å². The van der Waals surface area contributed by atoms with Crippen LogP contribution in [-0.2, 0) is 20.8 Å². The molecule has 2 heterocycles. The molecule has 1 unspecified atom stereocenters. The number of benzene rings is 2. The molecule has 0 spiro atoms. The average Bonchev–Trinajstić information content (AvgIpc) is 3.27. The summed E-state index contributed by atoms with van der Waals surface area (Å²) in [7, 11) is 0. The van der Waals surface area contributed by atoms with Crippen molar-refractivity contribution in [1.29, 1.82) is 0 Å². The Kier molecular flexibility index (Phi) is 3.72. The molecule has 6 nitrogen and oxygen atoms in total. The Morgan fingerprint density at radius 3 is 2.52 bits per heavy atom. The summed E-state index contributed by atoms with van der Waals surface area (Å²) in [6, 6.07) is 16.3. The molecular formula is C19H17N3O3. The molecule has 0 fully saturated rings. The van der Waals surface area contributed by atoms with Crippen molar-refractivity contribution in [2.45, 2.75) is 25.0 Å². The minimum atomic E-state index is -0.747. The van der Waals surface area contributed by atoms with Crippen molar-refractivity contribution in [2.24, 2.45) is 10.9 Å². The molecule has 2 aromatic carbocycles. The quantitative estimate of drug-likeness (QED) is 0.925. The zero-order valence-corrected chi connectivity index (χ0v) is 13.5. The number of amides is 2. The summed E-state index contributed by atoms with van der Waals surface area (Å²) < 4.78 is 0. The number of hydrogen-bond acceptors (Lipinski definition) is 4. The van der Waals surface area contributed by atoms with Crippen molar-refractivity contribution < 1.29 is 14.4 Å². The Morgan fingerprint density at radius 1 is 1.04 bits per heavy atom. The molecule has 0 saturated carbocycles. The second-order valence-corrected chi connectivity index (χ2v) is 6.16. The number of nitrogens with two attached hydrogens (primary N) is 1. The number of anilines is 1. The molecule has 2 N–H and O–H groups in total. The van der Waals surface area contributed by atoms with Crippen molar-refractivity contribution in [1.82, 2.24) is 0 Å². The Hall–Kier alpha value is -3.15. The monoisotopic (exact) mass is 335 g/mol. The van der Waals surface area contributed by atoms with Crippen LogP contribution in [0.15, 0.2) is 59.8 Å². The van der Waals surface area contributed by atoms with Gasteiger partial charge in [-0.2, -0.15) is 0 Å². The summed E-state index contributed by atoms with van der Waals surface area (Å²) in [4.78, 5) is 31.7. The molecule has 2 aliphatic heterocycles. The highest BCUT2D eigenvalue weighted by molar-refractivity contribution is 6.09. The summed E-state index contributed by atoms with van der Waals surface area (Å²) in [5.74, 6) is -0.810. The van der Waals surface area contributed by atoms with Gasteiger partial charge < -0.3 is 10.6 Å². The fourth-order valence-electron chi connectivity index (χ4n) is 3.35. The number of hydrogen-bond donors (Lipinski definition) is 1. The van der Waals surface area contributed by atoms with Gasteiger partial charge in [-0.3, -0.25) is 14.5 Å². The summed E-state index contributed by atoms with van der Waals surface area (Å²) in [5, 5.41) is 4.06. The van der Waals surface area contributed by atoms with Crippen LogP contribution < -0.4 is 10.6 Å². The van der Waals surface area contributed by atoms with Crippen molar-refractivity contribution in [3.63, 3.8) is 0 Å². The third kappa shape index (κ3) is 2.65. The molecule has 126 valence electrons. The molecule has 0 bridgehead atoms. The highest BCUT2D eigenvalue weighted by Crippen LogP contribution is 2.33. The van der Waals surface area contributed by atoms with Crippen molar-refractivity contribution >= 4 is 23.2 Å². The van der Waals surface area contributed by atoms with Gasteiger partial charge in [0, 0.05) is 18.5 Å². The van der Waals surface area contributed by atoms with Gasteiger partial charge in [-0.25, -0.2) is 0 Å². The van der Waals surface area contributed by atoms with Crippen LogP contribution in [0.1, 0.15) is 17.5 Å². The number of oxime groups is 1. The molecule has 2 atom stereocenters. The predicted octanol–water partition coefficient (Wildman–Crippen LogP) is 1.62. The van der Waals surface area contributed by atoms with Gasteiger partial charge in [0.05, 0.1) is 5.71 Å². The molecule has 0 radical (unpaired) electrons. The van der Waals surface area contributed by atoms with E-state index in [1.165, 1.54) is 4.90 Å². The van der Waals surface area contributed by atoms with Gasteiger partial charge in [0.15, 0.2) is 0 Å². The van der Waals surface area contributed by atoms with Gasteiger partial charge in [0.2, 0.25) is 12.0 Å². The molecule has 2 amide bonds. The Bertz CT molecular complexity index is 863. The predicted molar refractivity (Wildman–Crippen MR) is 93.1 cm³/mol. The standard InChI is InChI=1S/C19H17N3O3/c20-18(23)16-10-13-8-4-5-9-15(13)22(16)19(24)17-11-14(21-25-17)12-6-2-1-3-7-12/h1-9,16-17H,10-11H2,(H2,20,23)/t16-,17?/m0/s1. The van der Waals surface area contributed by atoms with Gasteiger partial charge in [-0.15, -0.1) is 0 Å². The van der Waals surface area contributed by atoms with E-state index in [1.807, 2.05) is 54.6 Å². The summed E-state index contributed by atoms with van der Waals surface area (Å²) in [5.41, 5.74) is 8.81. The molecule has 2 aromatic rings. The first-order valence-electron chi connectivity index (χ1n) is 8.13. The molecule has 25 heavy (non-hydrogen) atoms. The third-order valence-electron chi connectivity index (χ3n) is 4.59. The van der Waals surface area contributed by atoms with Gasteiger partial charge in [0.1, 0.15) is 6.04 Å². The lowest BCUT2D eigenvalue weighted by Gasteiger charge is -2.25. The lowest BCUT2D eigenvalue weighted by atomic mass is 10.0. The van der Waals surface area contributed by atoms with E-state index >= 15 is 0 Å². The number of fused-ring (bicyclic) bond motifs is 1. The highest BCUT2D eigenvalue weighted by Gasteiger charge is 2.42. The minimum absolute atomic E-state index is 0.288. The van der Waals surface area contributed by atoms with Crippen LogP contribution in [0.4, 0.5) is 5.69 Å². The summed E-state index contributed by atoms with van der Waals surface area (Å²) in [6.07, 6.45) is 0.0480. The van der Waals surface area contributed by atoms with E-state index in [0.29, 0.717) is 18.5 Å². The van der Waals surface area contributed by atoms with Gasteiger partial charge in [0.25, 0.3) is 5.91 Å². The normalized spacial score (nSPS) is 21.4. The van der Waals surface area contributed by atoms with Crippen LogP contribution >= 0.6 is 0 Å².